The topological polar surface area (TPSA) is 37.4 Å². The van der Waals surface area contributed by atoms with Crippen LogP contribution in [0.15, 0.2) is 72.8 Å². The molecule has 1 amide bonds. The molecule has 0 fully saturated rings. The SMILES string of the molecule is O=C(I)C(C(=O)N(CCc1ccc(C(F)(F)F)cc1)c1ccc(F)cc1Cl)c1ccccc1. The van der Waals surface area contributed by atoms with Gasteiger partial charge in [0.15, 0.2) is 0 Å². The molecule has 0 heterocycles. The summed E-state index contributed by atoms with van der Waals surface area (Å²) in [5.41, 5.74) is 0.463. The van der Waals surface area contributed by atoms with Crippen molar-refractivity contribution in [3.63, 3.8) is 0 Å². The van der Waals surface area contributed by atoms with Gasteiger partial charge in [-0.1, -0.05) is 54.1 Å². The highest BCUT2D eigenvalue weighted by Gasteiger charge is 2.33. The Morgan fingerprint density at radius 2 is 1.61 bits per heavy atom. The lowest BCUT2D eigenvalue weighted by molar-refractivity contribution is -0.137. The lowest BCUT2D eigenvalue weighted by atomic mass is 9.98. The van der Waals surface area contributed by atoms with Gasteiger partial charge in [0.25, 0.3) is 0 Å². The quantitative estimate of drug-likeness (QED) is 0.131. The lowest BCUT2D eigenvalue weighted by Crippen LogP contribution is -2.39. The number of nitrogens with zero attached hydrogens (tertiary/aromatic N) is 1. The maximum Gasteiger partial charge on any atom is 0.416 e. The fraction of sp³-hybridized carbons (Fsp3) is 0.167. The van der Waals surface area contributed by atoms with E-state index in [1.807, 2.05) is 0 Å². The molecule has 0 aliphatic carbocycles. The molecule has 1 atom stereocenters. The molecular weight excluding hydrogens is 573 g/mol. The van der Waals surface area contributed by atoms with E-state index in [-0.39, 0.29) is 23.7 Å². The van der Waals surface area contributed by atoms with Gasteiger partial charge in [-0.2, -0.15) is 13.2 Å². The first-order valence-corrected chi connectivity index (χ1v) is 11.2. The van der Waals surface area contributed by atoms with E-state index in [2.05, 4.69) is 0 Å². The predicted octanol–water partition coefficient (Wildman–Crippen LogP) is 6.82. The van der Waals surface area contributed by atoms with E-state index in [0.29, 0.717) is 11.1 Å². The summed E-state index contributed by atoms with van der Waals surface area (Å²) in [6, 6.07) is 16.6. The molecule has 9 heteroatoms. The zero-order valence-corrected chi connectivity index (χ0v) is 19.9. The summed E-state index contributed by atoms with van der Waals surface area (Å²) in [6.07, 6.45) is -4.26. The maximum atomic E-state index is 13.6. The summed E-state index contributed by atoms with van der Waals surface area (Å²) < 4.78 is 51.7. The molecule has 1 unspecified atom stereocenters. The average molecular weight is 590 g/mol. The van der Waals surface area contributed by atoms with Gasteiger partial charge in [0, 0.05) is 29.1 Å². The van der Waals surface area contributed by atoms with Gasteiger partial charge in [-0.3, -0.25) is 9.59 Å². The van der Waals surface area contributed by atoms with E-state index >= 15 is 0 Å². The molecule has 0 radical (unpaired) electrons. The van der Waals surface area contributed by atoms with Crippen molar-refractivity contribution in [1.29, 1.82) is 0 Å². The van der Waals surface area contributed by atoms with Crippen LogP contribution < -0.4 is 4.90 Å². The number of hydrogen-bond acceptors (Lipinski definition) is 2. The smallest absolute Gasteiger partial charge is 0.310 e. The van der Waals surface area contributed by atoms with Crippen molar-refractivity contribution in [3.05, 3.63) is 100 Å². The summed E-state index contributed by atoms with van der Waals surface area (Å²) >= 11 is 7.76. The minimum Gasteiger partial charge on any atom is -0.310 e. The van der Waals surface area contributed by atoms with Crippen molar-refractivity contribution in [1.82, 2.24) is 0 Å². The molecule has 3 aromatic rings. The van der Waals surface area contributed by atoms with E-state index in [4.69, 9.17) is 11.6 Å². The Kier molecular flexibility index (Phi) is 8.12. The lowest BCUT2D eigenvalue weighted by Gasteiger charge is -2.27. The van der Waals surface area contributed by atoms with Crippen LogP contribution in [0.1, 0.15) is 22.6 Å². The Labute approximate surface area is 206 Å². The Morgan fingerprint density at radius 1 is 0.970 bits per heavy atom. The van der Waals surface area contributed by atoms with Crippen LogP contribution in [-0.4, -0.2) is 16.2 Å². The molecule has 3 aromatic carbocycles. The Balaban J connectivity index is 1.94. The summed E-state index contributed by atoms with van der Waals surface area (Å²) in [7, 11) is 0. The third kappa shape index (κ3) is 6.32. The molecule has 0 aliphatic heterocycles. The van der Waals surface area contributed by atoms with Crippen molar-refractivity contribution >= 4 is 49.6 Å². The normalized spacial score (nSPS) is 12.3. The summed E-state index contributed by atoms with van der Waals surface area (Å²) in [5.74, 6) is -2.29. The highest BCUT2D eigenvalue weighted by Crippen LogP contribution is 2.32. The largest absolute Gasteiger partial charge is 0.416 e. The van der Waals surface area contributed by atoms with Crippen molar-refractivity contribution in [2.45, 2.75) is 18.5 Å². The number of carbonyl (C=O) groups excluding carboxylic acids is 2. The number of alkyl halides is 3. The van der Waals surface area contributed by atoms with E-state index in [9.17, 15) is 27.2 Å². The van der Waals surface area contributed by atoms with Gasteiger partial charge in [0.2, 0.25) is 9.70 Å². The first kappa shape index (κ1) is 25.2. The van der Waals surface area contributed by atoms with Gasteiger partial charge in [-0.15, -0.1) is 0 Å². The van der Waals surface area contributed by atoms with Crippen LogP contribution in [0.5, 0.6) is 0 Å². The number of carbonyl (C=O) groups is 2. The molecule has 0 aliphatic rings. The second-order valence-corrected chi connectivity index (χ2v) is 8.65. The van der Waals surface area contributed by atoms with Gasteiger partial charge in [-0.25, -0.2) is 4.39 Å². The first-order valence-electron chi connectivity index (χ1n) is 9.75. The van der Waals surface area contributed by atoms with Crippen molar-refractivity contribution < 1.29 is 27.2 Å². The van der Waals surface area contributed by atoms with Crippen LogP contribution in [-0.2, 0) is 22.2 Å². The number of anilines is 1. The molecule has 0 aromatic heterocycles. The molecular formula is C24H17ClF4INO2. The Bertz CT molecular complexity index is 1140. The summed E-state index contributed by atoms with van der Waals surface area (Å²) in [6.45, 7) is 0.0167. The monoisotopic (exact) mass is 589 g/mol. The second-order valence-electron chi connectivity index (χ2n) is 7.18. The molecule has 0 N–H and O–H groups in total. The number of benzene rings is 3. The summed E-state index contributed by atoms with van der Waals surface area (Å²) in [4.78, 5) is 27.2. The molecule has 0 saturated heterocycles. The van der Waals surface area contributed by atoms with E-state index in [0.717, 1.165) is 24.3 Å². The fourth-order valence-corrected chi connectivity index (χ4v) is 4.22. The van der Waals surface area contributed by atoms with Crippen molar-refractivity contribution in [2.75, 3.05) is 11.4 Å². The molecule has 0 saturated carbocycles. The maximum absolute atomic E-state index is 13.6. The van der Waals surface area contributed by atoms with E-state index in [1.165, 1.54) is 23.1 Å². The van der Waals surface area contributed by atoms with Gasteiger partial charge in [-0.05, 0) is 47.9 Å². The standard InChI is InChI=1S/C24H17ClF4INO2/c25-19-14-18(26)10-11-20(19)31(13-12-15-6-8-17(9-7-15)24(27,28)29)23(33)21(22(30)32)16-4-2-1-3-5-16/h1-11,14,21H,12-13H2. The van der Waals surface area contributed by atoms with Gasteiger partial charge < -0.3 is 4.90 Å². The van der Waals surface area contributed by atoms with Gasteiger partial charge >= 0.3 is 6.18 Å². The highest BCUT2D eigenvalue weighted by molar-refractivity contribution is 14.1. The summed E-state index contributed by atoms with van der Waals surface area (Å²) in [5, 5.41) is -0.0245. The van der Waals surface area contributed by atoms with Crippen LogP contribution in [0, 0.1) is 5.82 Å². The molecule has 3 nitrogen and oxygen atoms in total. The van der Waals surface area contributed by atoms with E-state index in [1.54, 1.807) is 52.9 Å². The van der Waals surface area contributed by atoms with Gasteiger partial charge in [0.1, 0.15) is 11.7 Å². The zero-order valence-electron chi connectivity index (χ0n) is 17.0. The minimum absolute atomic E-state index is 0.0167. The van der Waals surface area contributed by atoms with Crippen molar-refractivity contribution in [3.8, 4) is 0 Å². The third-order valence-corrected chi connectivity index (χ3v) is 5.90. The van der Waals surface area contributed by atoms with Crippen LogP contribution in [0.25, 0.3) is 0 Å². The molecule has 33 heavy (non-hydrogen) atoms. The Hall–Kier alpha value is -2.46. The van der Waals surface area contributed by atoms with Crippen LogP contribution >= 0.6 is 34.2 Å². The first-order chi connectivity index (χ1) is 15.6. The number of hydrogen-bond donors (Lipinski definition) is 0. The van der Waals surface area contributed by atoms with Crippen LogP contribution in [0.4, 0.5) is 23.2 Å². The zero-order chi connectivity index (χ0) is 24.2. The fourth-order valence-electron chi connectivity index (χ4n) is 3.32. The number of rotatable bonds is 7. The highest BCUT2D eigenvalue weighted by atomic mass is 127. The van der Waals surface area contributed by atoms with Crippen LogP contribution in [0.3, 0.4) is 0 Å². The van der Waals surface area contributed by atoms with E-state index < -0.39 is 33.2 Å². The third-order valence-electron chi connectivity index (χ3n) is 4.98. The minimum atomic E-state index is -4.45. The number of amides is 1. The van der Waals surface area contributed by atoms with Crippen molar-refractivity contribution in [2.24, 2.45) is 0 Å². The molecule has 172 valence electrons. The molecule has 0 spiro atoms. The Morgan fingerprint density at radius 3 is 2.15 bits per heavy atom. The number of halogens is 6. The molecule has 3 rings (SSSR count). The average Bonchev–Trinajstić information content (AvgIpc) is 2.75. The molecule has 0 bridgehead atoms. The van der Waals surface area contributed by atoms with Gasteiger partial charge in [0.05, 0.1) is 16.3 Å². The second kappa shape index (κ2) is 10.6. The van der Waals surface area contributed by atoms with Crippen LogP contribution in [0.2, 0.25) is 5.02 Å². The predicted molar refractivity (Wildman–Crippen MR) is 127 cm³/mol.